The Morgan fingerprint density at radius 2 is 2.32 bits per heavy atom. The number of H-pyrrole nitrogens is 1. The Labute approximate surface area is 131 Å². The lowest BCUT2D eigenvalue weighted by atomic mass is 10.0. The fourth-order valence-electron chi connectivity index (χ4n) is 3.76. The number of nitrogens with one attached hydrogen (secondary N) is 1. The molecule has 1 atom stereocenters. The number of amides is 1. The van der Waals surface area contributed by atoms with Crippen molar-refractivity contribution >= 4 is 16.8 Å². The summed E-state index contributed by atoms with van der Waals surface area (Å²) in [4.78, 5) is 18.1. The molecule has 22 heavy (non-hydrogen) atoms. The minimum Gasteiger partial charge on any atom is -0.358 e. The van der Waals surface area contributed by atoms with Gasteiger partial charge in [0.2, 0.25) is 5.91 Å². The molecule has 1 amide bonds. The van der Waals surface area contributed by atoms with Crippen molar-refractivity contribution in [3.8, 4) is 0 Å². The molecule has 0 spiro atoms. The first-order valence-electron chi connectivity index (χ1n) is 8.25. The van der Waals surface area contributed by atoms with E-state index < -0.39 is 0 Å². The molecule has 2 aromatic rings. The van der Waals surface area contributed by atoms with Gasteiger partial charge in [-0.15, -0.1) is 0 Å². The molecule has 1 aliphatic heterocycles. The number of aromatic amines is 1. The van der Waals surface area contributed by atoms with Crippen molar-refractivity contribution in [3.05, 3.63) is 47.2 Å². The maximum absolute atomic E-state index is 12.6. The Kier molecular flexibility index (Phi) is 3.29. The SMILES string of the molecule is Cc1ccc2[nH]c3c(c2c1)CN(C(=O)C[C@H]1C=CCC1)CC3. The van der Waals surface area contributed by atoms with E-state index in [1.807, 2.05) is 4.90 Å². The standard InChI is InChI=1S/C19H22N2O/c1-13-6-7-17-15(10-13)16-12-21(9-8-18(16)20-17)19(22)11-14-4-2-3-5-14/h2,4,6-7,10,14,20H,3,5,8-9,11-12H2,1H3/t14-/m0/s1. The number of hydrogen-bond acceptors (Lipinski definition) is 1. The van der Waals surface area contributed by atoms with E-state index in [0.29, 0.717) is 18.2 Å². The van der Waals surface area contributed by atoms with Crippen LogP contribution >= 0.6 is 0 Å². The fourth-order valence-corrected chi connectivity index (χ4v) is 3.76. The minimum atomic E-state index is 0.309. The Bertz CT molecular complexity index is 756. The average Bonchev–Trinajstić information content (AvgIpc) is 3.14. The van der Waals surface area contributed by atoms with Crippen LogP contribution in [-0.2, 0) is 17.8 Å². The van der Waals surface area contributed by atoms with Crippen LogP contribution in [0.15, 0.2) is 30.4 Å². The molecule has 114 valence electrons. The van der Waals surface area contributed by atoms with Gasteiger partial charge in [-0.2, -0.15) is 0 Å². The van der Waals surface area contributed by atoms with Crippen molar-refractivity contribution in [1.82, 2.24) is 9.88 Å². The number of carbonyl (C=O) groups excluding carboxylic acids is 1. The molecule has 4 rings (SSSR count). The highest BCUT2D eigenvalue weighted by molar-refractivity contribution is 5.86. The van der Waals surface area contributed by atoms with E-state index in [4.69, 9.17) is 0 Å². The zero-order valence-electron chi connectivity index (χ0n) is 13.1. The molecular weight excluding hydrogens is 272 g/mol. The predicted octanol–water partition coefficient (Wildman–Crippen LogP) is 3.72. The van der Waals surface area contributed by atoms with Crippen molar-refractivity contribution in [3.63, 3.8) is 0 Å². The molecule has 0 bridgehead atoms. The number of aryl methyl sites for hydroxylation is 1. The molecule has 1 aromatic heterocycles. The van der Waals surface area contributed by atoms with Gasteiger partial charge in [0.1, 0.15) is 0 Å². The number of rotatable bonds is 2. The second-order valence-corrected chi connectivity index (χ2v) is 6.67. The molecule has 1 N–H and O–H groups in total. The van der Waals surface area contributed by atoms with Crippen molar-refractivity contribution in [2.75, 3.05) is 6.54 Å². The van der Waals surface area contributed by atoms with Gasteiger partial charge in [-0.1, -0.05) is 23.8 Å². The van der Waals surface area contributed by atoms with Gasteiger partial charge < -0.3 is 9.88 Å². The topological polar surface area (TPSA) is 36.1 Å². The smallest absolute Gasteiger partial charge is 0.223 e. The molecule has 0 unspecified atom stereocenters. The first-order valence-corrected chi connectivity index (χ1v) is 8.25. The predicted molar refractivity (Wildman–Crippen MR) is 88.6 cm³/mol. The van der Waals surface area contributed by atoms with Crippen molar-refractivity contribution in [2.24, 2.45) is 5.92 Å². The van der Waals surface area contributed by atoms with E-state index in [-0.39, 0.29) is 0 Å². The summed E-state index contributed by atoms with van der Waals surface area (Å²) in [5, 5.41) is 1.29. The van der Waals surface area contributed by atoms with Crippen LogP contribution in [0.1, 0.15) is 36.1 Å². The van der Waals surface area contributed by atoms with Gasteiger partial charge in [0.25, 0.3) is 0 Å². The van der Waals surface area contributed by atoms with E-state index in [9.17, 15) is 4.79 Å². The van der Waals surface area contributed by atoms with E-state index in [1.54, 1.807) is 0 Å². The summed E-state index contributed by atoms with van der Waals surface area (Å²) < 4.78 is 0. The second-order valence-electron chi connectivity index (χ2n) is 6.67. The molecule has 3 nitrogen and oxygen atoms in total. The van der Waals surface area contributed by atoms with Crippen LogP contribution in [0.4, 0.5) is 0 Å². The quantitative estimate of drug-likeness (QED) is 0.842. The largest absolute Gasteiger partial charge is 0.358 e. The molecule has 1 aromatic carbocycles. The number of carbonyl (C=O) groups is 1. The van der Waals surface area contributed by atoms with Gasteiger partial charge in [-0.3, -0.25) is 4.79 Å². The third-order valence-electron chi connectivity index (χ3n) is 5.03. The van der Waals surface area contributed by atoms with Crippen molar-refractivity contribution in [2.45, 2.75) is 39.2 Å². The molecule has 3 heteroatoms. The number of nitrogens with zero attached hydrogens (tertiary/aromatic N) is 1. The van der Waals surface area contributed by atoms with Gasteiger partial charge in [-0.25, -0.2) is 0 Å². The normalized spacial score (nSPS) is 20.6. The van der Waals surface area contributed by atoms with Gasteiger partial charge in [0.15, 0.2) is 0 Å². The fraction of sp³-hybridized carbons (Fsp3) is 0.421. The molecule has 0 radical (unpaired) electrons. The van der Waals surface area contributed by atoms with Crippen LogP contribution in [0.3, 0.4) is 0 Å². The van der Waals surface area contributed by atoms with E-state index in [2.05, 4.69) is 42.3 Å². The Morgan fingerprint density at radius 3 is 3.14 bits per heavy atom. The molecule has 2 heterocycles. The highest BCUT2D eigenvalue weighted by atomic mass is 16.2. The van der Waals surface area contributed by atoms with E-state index >= 15 is 0 Å². The Morgan fingerprint density at radius 1 is 1.41 bits per heavy atom. The van der Waals surface area contributed by atoms with Crippen LogP contribution in [0.5, 0.6) is 0 Å². The van der Waals surface area contributed by atoms with Gasteiger partial charge in [0.05, 0.1) is 0 Å². The third kappa shape index (κ3) is 2.35. The number of allylic oxidation sites excluding steroid dienone is 2. The minimum absolute atomic E-state index is 0.309. The van der Waals surface area contributed by atoms with E-state index in [0.717, 1.165) is 32.4 Å². The van der Waals surface area contributed by atoms with Crippen LogP contribution in [-0.4, -0.2) is 22.3 Å². The summed E-state index contributed by atoms with van der Waals surface area (Å²) >= 11 is 0. The second kappa shape index (κ2) is 5.31. The lowest BCUT2D eigenvalue weighted by molar-refractivity contribution is -0.132. The van der Waals surface area contributed by atoms with Crippen LogP contribution < -0.4 is 0 Å². The summed E-state index contributed by atoms with van der Waals surface area (Å²) in [6.45, 7) is 3.72. The number of fused-ring (bicyclic) bond motifs is 3. The highest BCUT2D eigenvalue weighted by Gasteiger charge is 2.25. The lowest BCUT2D eigenvalue weighted by Crippen LogP contribution is -2.36. The first-order chi connectivity index (χ1) is 10.7. The highest BCUT2D eigenvalue weighted by Crippen LogP contribution is 2.29. The van der Waals surface area contributed by atoms with Crippen molar-refractivity contribution < 1.29 is 4.79 Å². The first kappa shape index (κ1) is 13.6. The summed E-state index contributed by atoms with van der Waals surface area (Å²) in [5.41, 5.74) is 5.10. The average molecular weight is 294 g/mol. The van der Waals surface area contributed by atoms with Gasteiger partial charge in [0, 0.05) is 48.1 Å². The zero-order chi connectivity index (χ0) is 15.1. The maximum Gasteiger partial charge on any atom is 0.223 e. The number of hydrogen-bond donors (Lipinski definition) is 1. The van der Waals surface area contributed by atoms with Crippen LogP contribution in [0.2, 0.25) is 0 Å². The number of aromatic nitrogens is 1. The number of benzene rings is 1. The Hall–Kier alpha value is -2.03. The summed E-state index contributed by atoms with van der Waals surface area (Å²) in [6, 6.07) is 6.52. The molecule has 0 saturated heterocycles. The van der Waals surface area contributed by atoms with Gasteiger partial charge >= 0.3 is 0 Å². The monoisotopic (exact) mass is 294 g/mol. The molecular formula is C19H22N2O. The molecule has 0 fully saturated rings. The molecule has 1 aliphatic carbocycles. The third-order valence-corrected chi connectivity index (χ3v) is 5.03. The Balaban J connectivity index is 1.57. The zero-order valence-corrected chi connectivity index (χ0v) is 13.1. The van der Waals surface area contributed by atoms with Crippen LogP contribution in [0, 0.1) is 12.8 Å². The van der Waals surface area contributed by atoms with Crippen molar-refractivity contribution in [1.29, 1.82) is 0 Å². The van der Waals surface area contributed by atoms with Crippen LogP contribution in [0.25, 0.3) is 10.9 Å². The van der Waals surface area contributed by atoms with Gasteiger partial charge in [-0.05, 0) is 37.8 Å². The molecule has 0 saturated carbocycles. The lowest BCUT2D eigenvalue weighted by Gasteiger charge is -2.28. The van der Waals surface area contributed by atoms with E-state index in [1.165, 1.54) is 27.7 Å². The maximum atomic E-state index is 12.6. The summed E-state index contributed by atoms with van der Waals surface area (Å²) in [7, 11) is 0. The summed E-state index contributed by atoms with van der Waals surface area (Å²) in [5.74, 6) is 0.767. The molecule has 2 aliphatic rings. The summed E-state index contributed by atoms with van der Waals surface area (Å²) in [6.07, 6.45) is 8.29.